The lowest BCUT2D eigenvalue weighted by molar-refractivity contribution is -0.122. The Bertz CT molecular complexity index is 159. The number of nitrogens with two attached hydrogens (primary N) is 3. The van der Waals surface area contributed by atoms with E-state index >= 15 is 0 Å². The number of rotatable bonds is 3. The first-order valence-electron chi connectivity index (χ1n) is 2.87. The number of primary amides is 1. The number of carbonyl (C=O) groups excluding carboxylic acids is 2. The Morgan fingerprint density at radius 3 is 2.36 bits per heavy atom. The minimum absolute atomic E-state index is 0.0294. The van der Waals surface area contributed by atoms with Gasteiger partial charge in [-0.25, -0.2) is 10.6 Å². The first-order valence-corrected chi connectivity index (χ1v) is 2.87. The van der Waals surface area contributed by atoms with Gasteiger partial charge in [0.05, 0.1) is 0 Å². The molecule has 64 valence electrons. The van der Waals surface area contributed by atoms with Crippen LogP contribution in [0.25, 0.3) is 0 Å². The third-order valence-corrected chi connectivity index (χ3v) is 0.975. The molecule has 0 aliphatic carbocycles. The third-order valence-electron chi connectivity index (χ3n) is 0.975. The van der Waals surface area contributed by atoms with Crippen molar-refractivity contribution in [1.29, 1.82) is 0 Å². The van der Waals surface area contributed by atoms with Crippen LogP contribution < -0.4 is 28.1 Å². The lowest BCUT2D eigenvalue weighted by Crippen LogP contribution is -2.50. The summed E-state index contributed by atoms with van der Waals surface area (Å²) in [6.45, 7) is -0.0294. The van der Waals surface area contributed by atoms with Crippen LogP contribution in [-0.2, 0) is 4.79 Å². The van der Waals surface area contributed by atoms with Gasteiger partial charge < -0.3 is 16.8 Å². The number of hydrogen-bond acceptors (Lipinski definition) is 4. The highest BCUT2D eigenvalue weighted by atomic mass is 16.2. The zero-order valence-corrected chi connectivity index (χ0v) is 5.83. The van der Waals surface area contributed by atoms with Gasteiger partial charge in [-0.05, 0) is 0 Å². The molecule has 0 radical (unpaired) electrons. The van der Waals surface area contributed by atoms with Crippen LogP contribution in [0.3, 0.4) is 0 Å². The van der Waals surface area contributed by atoms with E-state index in [2.05, 4.69) is 5.32 Å². The van der Waals surface area contributed by atoms with Crippen molar-refractivity contribution < 1.29 is 9.59 Å². The first kappa shape index (κ1) is 9.66. The van der Waals surface area contributed by atoms with Crippen LogP contribution in [0.5, 0.6) is 0 Å². The van der Waals surface area contributed by atoms with Crippen LogP contribution in [0.2, 0.25) is 0 Å². The Morgan fingerprint density at radius 1 is 1.45 bits per heavy atom. The van der Waals surface area contributed by atoms with Crippen LogP contribution in [0.15, 0.2) is 0 Å². The average molecular weight is 161 g/mol. The van der Waals surface area contributed by atoms with Gasteiger partial charge in [0, 0.05) is 6.54 Å². The average Bonchev–Trinajstić information content (AvgIpc) is 1.98. The molecule has 0 bridgehead atoms. The highest BCUT2D eigenvalue weighted by Crippen LogP contribution is 1.73. The molecule has 0 aliphatic rings. The fourth-order valence-corrected chi connectivity index (χ4v) is 0.410. The van der Waals surface area contributed by atoms with Crippen LogP contribution >= 0.6 is 0 Å². The zero-order chi connectivity index (χ0) is 8.85. The minimum atomic E-state index is -0.868. The van der Waals surface area contributed by atoms with Gasteiger partial charge >= 0.3 is 6.03 Å². The number of nitrogens with one attached hydrogen (secondary N) is 2. The fraction of sp³-hybridized carbons (Fsp3) is 0.500. The first-order chi connectivity index (χ1) is 5.07. The fourth-order valence-electron chi connectivity index (χ4n) is 0.410. The molecule has 7 nitrogen and oxygen atoms in total. The van der Waals surface area contributed by atoms with Gasteiger partial charge in [-0.3, -0.25) is 10.2 Å². The highest BCUT2D eigenvalue weighted by molar-refractivity contribution is 5.82. The number of carbonyl (C=O) groups is 2. The van der Waals surface area contributed by atoms with Crippen molar-refractivity contribution in [2.45, 2.75) is 6.04 Å². The molecule has 0 saturated carbocycles. The van der Waals surface area contributed by atoms with E-state index < -0.39 is 18.0 Å². The normalized spacial score (nSPS) is 11.8. The summed E-state index contributed by atoms with van der Waals surface area (Å²) in [6.07, 6.45) is 0. The van der Waals surface area contributed by atoms with Gasteiger partial charge in [0.15, 0.2) is 0 Å². The Hall–Kier alpha value is -1.34. The minimum Gasteiger partial charge on any atom is -0.352 e. The monoisotopic (exact) mass is 161 g/mol. The summed E-state index contributed by atoms with van der Waals surface area (Å²) in [7, 11) is 0. The Labute approximate surface area is 63.2 Å². The van der Waals surface area contributed by atoms with Gasteiger partial charge in [0.25, 0.3) is 5.91 Å². The second-order valence-electron chi connectivity index (χ2n) is 1.86. The van der Waals surface area contributed by atoms with Crippen molar-refractivity contribution in [2.75, 3.05) is 6.54 Å². The summed E-state index contributed by atoms with van der Waals surface area (Å²) in [6, 6.07) is -1.60. The molecule has 11 heavy (non-hydrogen) atoms. The Morgan fingerprint density at radius 2 is 2.00 bits per heavy atom. The smallest absolute Gasteiger partial charge is 0.312 e. The van der Waals surface area contributed by atoms with Gasteiger partial charge in [-0.15, -0.1) is 0 Å². The number of hydrogen-bond donors (Lipinski definition) is 5. The standard InChI is InChI=1S/C4H11N5O2/c5-2(3(10)9-7)1-8-4(6)11/h2H,1,5,7H2,(H,9,10)(H3,6,8,11). The molecule has 7 heteroatoms. The number of hydrazine groups is 1. The van der Waals surface area contributed by atoms with E-state index in [9.17, 15) is 9.59 Å². The molecular weight excluding hydrogens is 150 g/mol. The summed E-state index contributed by atoms with van der Waals surface area (Å²) < 4.78 is 0. The molecule has 0 aromatic rings. The molecular formula is C4H11N5O2. The summed E-state index contributed by atoms with van der Waals surface area (Å²) in [5.41, 5.74) is 11.8. The molecule has 0 rings (SSSR count). The topological polar surface area (TPSA) is 136 Å². The maximum absolute atomic E-state index is 10.6. The predicted molar refractivity (Wildman–Crippen MR) is 37.9 cm³/mol. The SMILES string of the molecule is NNC(=O)C(N)CNC(N)=O. The number of amides is 3. The Balaban J connectivity index is 3.60. The van der Waals surface area contributed by atoms with E-state index in [0.717, 1.165) is 0 Å². The van der Waals surface area contributed by atoms with E-state index in [1.165, 1.54) is 0 Å². The van der Waals surface area contributed by atoms with E-state index in [0.29, 0.717) is 0 Å². The van der Waals surface area contributed by atoms with Gasteiger partial charge in [0.1, 0.15) is 6.04 Å². The van der Waals surface area contributed by atoms with Gasteiger partial charge in [0.2, 0.25) is 0 Å². The molecule has 0 heterocycles. The predicted octanol–water partition coefficient (Wildman–Crippen LogP) is -3.03. The molecule has 0 aromatic carbocycles. The van der Waals surface area contributed by atoms with Gasteiger partial charge in [-0.1, -0.05) is 0 Å². The summed E-state index contributed by atoms with van der Waals surface area (Å²) in [5.74, 6) is 4.20. The molecule has 0 saturated heterocycles. The van der Waals surface area contributed by atoms with Crippen LogP contribution in [0, 0.1) is 0 Å². The molecule has 1 atom stereocenters. The molecule has 1 unspecified atom stereocenters. The van der Waals surface area contributed by atoms with E-state index in [1.54, 1.807) is 0 Å². The van der Waals surface area contributed by atoms with Crippen molar-refractivity contribution in [2.24, 2.45) is 17.3 Å². The highest BCUT2D eigenvalue weighted by Gasteiger charge is 2.11. The summed E-state index contributed by atoms with van der Waals surface area (Å²) in [5, 5.41) is 2.16. The largest absolute Gasteiger partial charge is 0.352 e. The second kappa shape index (κ2) is 4.47. The maximum Gasteiger partial charge on any atom is 0.312 e. The zero-order valence-electron chi connectivity index (χ0n) is 5.83. The number of urea groups is 1. The molecule has 8 N–H and O–H groups in total. The summed E-state index contributed by atoms with van der Waals surface area (Å²) in [4.78, 5) is 20.7. The molecule has 0 fully saturated rings. The quantitative estimate of drug-likeness (QED) is 0.171. The summed E-state index contributed by atoms with van der Waals surface area (Å²) >= 11 is 0. The van der Waals surface area contributed by atoms with Gasteiger partial charge in [-0.2, -0.15) is 0 Å². The Kier molecular flexibility index (Phi) is 3.93. The third kappa shape index (κ3) is 4.12. The molecule has 0 spiro atoms. The lowest BCUT2D eigenvalue weighted by Gasteiger charge is -2.08. The van der Waals surface area contributed by atoms with Crippen LogP contribution in [0.4, 0.5) is 4.79 Å². The molecule has 3 amide bonds. The molecule has 0 aliphatic heterocycles. The maximum atomic E-state index is 10.6. The van der Waals surface area contributed by atoms with E-state index in [-0.39, 0.29) is 6.54 Å². The van der Waals surface area contributed by atoms with Crippen molar-refractivity contribution >= 4 is 11.9 Å². The molecule has 0 aromatic heterocycles. The van der Waals surface area contributed by atoms with Crippen molar-refractivity contribution in [3.8, 4) is 0 Å². The lowest BCUT2D eigenvalue weighted by atomic mass is 10.3. The van der Waals surface area contributed by atoms with E-state index in [4.69, 9.17) is 17.3 Å². The second-order valence-corrected chi connectivity index (χ2v) is 1.86. The van der Waals surface area contributed by atoms with Crippen LogP contribution in [0.1, 0.15) is 0 Å². The van der Waals surface area contributed by atoms with Crippen molar-refractivity contribution in [3.05, 3.63) is 0 Å². The van der Waals surface area contributed by atoms with Crippen molar-refractivity contribution in [1.82, 2.24) is 10.7 Å². The van der Waals surface area contributed by atoms with Crippen LogP contribution in [-0.4, -0.2) is 24.5 Å². The van der Waals surface area contributed by atoms with Crippen molar-refractivity contribution in [3.63, 3.8) is 0 Å². The van der Waals surface area contributed by atoms with E-state index in [1.807, 2.05) is 5.43 Å².